The zero-order valence-corrected chi connectivity index (χ0v) is 22.0. The molecule has 0 unspecified atom stereocenters. The molecule has 1 aliphatic heterocycles. The number of carbonyl (C=O) groups is 1. The Balaban J connectivity index is 1.87. The number of aliphatic hydroxyl groups excluding tert-OH is 1. The number of hydrogen-bond donors (Lipinski definition) is 2. The molecule has 0 bridgehead atoms. The van der Waals surface area contributed by atoms with E-state index in [1.165, 1.54) is 14.2 Å². The molecule has 5 atom stereocenters. The minimum atomic E-state index is -2.02. The van der Waals surface area contributed by atoms with Crippen LogP contribution in [0.5, 0.6) is 23.0 Å². The van der Waals surface area contributed by atoms with Gasteiger partial charge in [0.2, 0.25) is 0 Å². The second-order valence-corrected chi connectivity index (χ2v) is 10.4. The van der Waals surface area contributed by atoms with Gasteiger partial charge < -0.3 is 29.2 Å². The van der Waals surface area contributed by atoms with Crippen LogP contribution in [0.1, 0.15) is 29.5 Å². The largest absolute Gasteiger partial charge is 0.497 e. The Labute approximate surface area is 220 Å². The van der Waals surface area contributed by atoms with Crippen molar-refractivity contribution in [3.8, 4) is 23.0 Å². The molecule has 37 heavy (non-hydrogen) atoms. The van der Waals surface area contributed by atoms with E-state index in [2.05, 4.69) is 0 Å². The molecule has 5 rings (SSSR count). The molecule has 8 heteroatoms. The van der Waals surface area contributed by atoms with Gasteiger partial charge in [-0.2, -0.15) is 0 Å². The molecule has 2 aliphatic rings. The van der Waals surface area contributed by atoms with Gasteiger partial charge in [0.05, 0.1) is 32.8 Å². The van der Waals surface area contributed by atoms with Crippen LogP contribution in [-0.2, 0) is 16.0 Å². The van der Waals surface area contributed by atoms with Crippen LogP contribution in [0.2, 0.25) is 0 Å². The number of rotatable bonds is 7. The zero-order valence-electron chi connectivity index (χ0n) is 21.1. The average molecular weight is 523 g/mol. The van der Waals surface area contributed by atoms with Crippen molar-refractivity contribution in [3.05, 3.63) is 83.4 Å². The quantitative estimate of drug-likeness (QED) is 0.476. The van der Waals surface area contributed by atoms with Gasteiger partial charge in [0.1, 0.15) is 29.1 Å². The summed E-state index contributed by atoms with van der Waals surface area (Å²) in [7, 11) is 4.59. The number of benzene rings is 3. The predicted octanol–water partition coefficient (Wildman–Crippen LogP) is 4.24. The Bertz CT molecular complexity index is 1300. The van der Waals surface area contributed by atoms with Crippen LogP contribution in [0, 0.1) is 5.92 Å². The first-order valence-electron chi connectivity index (χ1n) is 12.1. The van der Waals surface area contributed by atoms with Crippen LogP contribution in [0.3, 0.4) is 0 Å². The number of methoxy groups -OCH3 is 3. The van der Waals surface area contributed by atoms with E-state index in [1.807, 2.05) is 49.4 Å². The van der Waals surface area contributed by atoms with Gasteiger partial charge in [0, 0.05) is 18.1 Å². The van der Waals surface area contributed by atoms with E-state index in [4.69, 9.17) is 18.9 Å². The fourth-order valence-corrected chi connectivity index (χ4v) is 6.75. The van der Waals surface area contributed by atoms with Crippen LogP contribution in [0.4, 0.5) is 0 Å². The van der Waals surface area contributed by atoms with E-state index >= 15 is 0 Å². The molecular formula is C29H30O7S. The van der Waals surface area contributed by atoms with Crippen molar-refractivity contribution in [1.82, 2.24) is 0 Å². The predicted molar refractivity (Wildman–Crippen MR) is 141 cm³/mol. The van der Waals surface area contributed by atoms with Crippen molar-refractivity contribution in [2.24, 2.45) is 5.92 Å². The van der Waals surface area contributed by atoms with E-state index in [-0.39, 0.29) is 10.7 Å². The Hall–Kier alpha value is -3.20. The van der Waals surface area contributed by atoms with Gasteiger partial charge in [-0.1, -0.05) is 61.2 Å². The van der Waals surface area contributed by atoms with Crippen LogP contribution in [-0.4, -0.2) is 48.5 Å². The molecule has 1 heterocycles. The lowest BCUT2D eigenvalue weighted by Crippen LogP contribution is -2.52. The summed E-state index contributed by atoms with van der Waals surface area (Å²) in [5, 5.41) is 24.6. The summed E-state index contributed by atoms with van der Waals surface area (Å²) < 4.78 is 23.3. The van der Waals surface area contributed by atoms with Crippen LogP contribution in [0.15, 0.2) is 66.7 Å². The lowest BCUT2D eigenvalue weighted by molar-refractivity contribution is -0.153. The topological polar surface area (TPSA) is 94.5 Å². The SMILES string of the molecule is CCSC(=O)[C@H]1[C@@H](O)[C@@]2(O)c3c(OC)cc(OC)cc3O[C@@]2(c2ccc(OC)cc2)[C@@H]1c1ccccc1. The summed E-state index contributed by atoms with van der Waals surface area (Å²) in [6, 6.07) is 19.9. The van der Waals surface area contributed by atoms with Crippen molar-refractivity contribution in [2.45, 2.75) is 30.1 Å². The molecule has 3 aromatic rings. The fourth-order valence-electron chi connectivity index (χ4n) is 6.00. The van der Waals surface area contributed by atoms with Gasteiger partial charge in [0.25, 0.3) is 0 Å². The highest BCUT2D eigenvalue weighted by Crippen LogP contribution is 2.70. The summed E-state index contributed by atoms with van der Waals surface area (Å²) in [4.78, 5) is 13.6. The third kappa shape index (κ3) is 3.54. The van der Waals surface area contributed by atoms with Gasteiger partial charge in [-0.25, -0.2) is 0 Å². The van der Waals surface area contributed by atoms with Crippen molar-refractivity contribution in [2.75, 3.05) is 27.1 Å². The Kier molecular flexibility index (Phi) is 6.60. The second-order valence-electron chi connectivity index (χ2n) is 9.15. The Morgan fingerprint density at radius 3 is 2.24 bits per heavy atom. The smallest absolute Gasteiger partial charge is 0.195 e. The highest BCUT2D eigenvalue weighted by atomic mass is 32.2. The lowest BCUT2D eigenvalue weighted by Gasteiger charge is -2.40. The zero-order chi connectivity index (χ0) is 26.4. The maximum atomic E-state index is 13.6. The van der Waals surface area contributed by atoms with Gasteiger partial charge in [-0.3, -0.25) is 4.79 Å². The number of fused-ring (bicyclic) bond motifs is 3. The number of aliphatic hydroxyl groups is 2. The molecule has 1 saturated carbocycles. The van der Waals surface area contributed by atoms with Crippen molar-refractivity contribution >= 4 is 16.9 Å². The summed E-state index contributed by atoms with van der Waals surface area (Å²) in [5.74, 6) is 0.579. The third-order valence-electron chi connectivity index (χ3n) is 7.52. The molecule has 7 nitrogen and oxygen atoms in total. The van der Waals surface area contributed by atoms with E-state index in [0.29, 0.717) is 34.3 Å². The molecule has 194 valence electrons. The molecular weight excluding hydrogens is 492 g/mol. The monoisotopic (exact) mass is 522 g/mol. The lowest BCUT2D eigenvalue weighted by atomic mass is 9.70. The van der Waals surface area contributed by atoms with Crippen molar-refractivity contribution < 1.29 is 34.0 Å². The minimum Gasteiger partial charge on any atom is -0.497 e. The van der Waals surface area contributed by atoms with Crippen molar-refractivity contribution in [1.29, 1.82) is 0 Å². The van der Waals surface area contributed by atoms with Crippen molar-refractivity contribution in [3.63, 3.8) is 0 Å². The molecule has 2 N–H and O–H groups in total. The van der Waals surface area contributed by atoms with Gasteiger partial charge in [0.15, 0.2) is 16.3 Å². The van der Waals surface area contributed by atoms with Crippen LogP contribution >= 0.6 is 11.8 Å². The standard InChI is InChI=1S/C29H30O7S/c1-5-37-27(31)23-24(17-9-7-6-8-10-17)29(18-11-13-19(33-2)14-12-18)28(32,26(23)30)25-21(35-4)15-20(34-3)16-22(25)36-29/h6-16,23-24,26,30,32H,5H2,1-4H3/t23-,24-,26-,28+,29+/m1/s1. The first kappa shape index (κ1) is 25.4. The van der Waals surface area contributed by atoms with E-state index in [1.54, 1.807) is 31.4 Å². The summed E-state index contributed by atoms with van der Waals surface area (Å²) in [6.45, 7) is 1.89. The maximum Gasteiger partial charge on any atom is 0.195 e. The van der Waals surface area contributed by atoms with Gasteiger partial charge >= 0.3 is 0 Å². The number of ether oxygens (including phenoxy) is 4. The molecule has 3 aromatic carbocycles. The van der Waals surface area contributed by atoms with Crippen LogP contribution < -0.4 is 18.9 Å². The maximum absolute atomic E-state index is 13.6. The van der Waals surface area contributed by atoms with Gasteiger partial charge in [-0.15, -0.1) is 0 Å². The summed E-state index contributed by atoms with van der Waals surface area (Å²) in [5.41, 5.74) is -1.93. The van der Waals surface area contributed by atoms with Crippen LogP contribution in [0.25, 0.3) is 0 Å². The number of thioether (sulfide) groups is 1. The fraction of sp³-hybridized carbons (Fsp3) is 0.345. The van der Waals surface area contributed by atoms with E-state index < -0.39 is 29.1 Å². The summed E-state index contributed by atoms with van der Waals surface area (Å²) >= 11 is 1.13. The number of hydrogen-bond acceptors (Lipinski definition) is 8. The molecule has 0 radical (unpaired) electrons. The van der Waals surface area contributed by atoms with E-state index in [0.717, 1.165) is 17.3 Å². The average Bonchev–Trinajstić information content (AvgIpc) is 3.31. The second kappa shape index (κ2) is 9.59. The minimum absolute atomic E-state index is 0.211. The first-order valence-corrected chi connectivity index (χ1v) is 13.1. The molecule has 0 saturated heterocycles. The number of carbonyl (C=O) groups excluding carboxylic acids is 1. The molecule has 0 spiro atoms. The van der Waals surface area contributed by atoms with Gasteiger partial charge in [-0.05, 0) is 29.0 Å². The summed E-state index contributed by atoms with van der Waals surface area (Å²) in [6.07, 6.45) is -1.49. The van der Waals surface area contributed by atoms with E-state index in [9.17, 15) is 15.0 Å². The first-order chi connectivity index (χ1) is 17.9. The highest BCUT2D eigenvalue weighted by molar-refractivity contribution is 8.13. The molecule has 0 aromatic heterocycles. The highest BCUT2D eigenvalue weighted by Gasteiger charge is 2.78. The molecule has 0 amide bonds. The third-order valence-corrected chi connectivity index (χ3v) is 8.36. The molecule has 1 fully saturated rings. The molecule has 1 aliphatic carbocycles. The Morgan fingerprint density at radius 1 is 0.973 bits per heavy atom. The normalized spacial score (nSPS) is 27.7. The Morgan fingerprint density at radius 2 is 1.65 bits per heavy atom.